The van der Waals surface area contributed by atoms with Crippen molar-refractivity contribution in [3.05, 3.63) is 41.5 Å². The van der Waals surface area contributed by atoms with Gasteiger partial charge in [-0.25, -0.2) is 4.98 Å². The number of aryl methyl sites for hydroxylation is 1. The molecule has 1 heterocycles. The molecule has 0 spiro atoms. The third-order valence-electron chi connectivity index (χ3n) is 2.83. The molecule has 2 N–H and O–H groups in total. The van der Waals surface area contributed by atoms with E-state index in [9.17, 15) is 4.79 Å². The lowest BCUT2D eigenvalue weighted by Crippen LogP contribution is -2.24. The first-order valence-electron chi connectivity index (χ1n) is 6.55. The zero-order chi connectivity index (χ0) is 14.4. The van der Waals surface area contributed by atoms with Crippen LogP contribution in [0.4, 0.5) is 0 Å². The Morgan fingerprint density at radius 2 is 2.10 bits per heavy atom. The quantitative estimate of drug-likeness (QED) is 0.840. The number of nitrogens with one attached hydrogen (secondary N) is 2. The molecule has 106 valence electrons. The smallest absolute Gasteiger partial charge is 0.291 e. The molecule has 2 aromatic rings. The van der Waals surface area contributed by atoms with Crippen LogP contribution in [0.2, 0.25) is 0 Å². The van der Waals surface area contributed by atoms with Crippen LogP contribution in [-0.2, 0) is 13.0 Å². The van der Waals surface area contributed by atoms with Gasteiger partial charge in [-0.3, -0.25) is 9.89 Å². The highest BCUT2D eigenvalue weighted by Crippen LogP contribution is 2.11. The van der Waals surface area contributed by atoms with E-state index in [0.717, 1.165) is 30.0 Å². The van der Waals surface area contributed by atoms with Crippen molar-refractivity contribution >= 4 is 5.91 Å². The number of benzene rings is 1. The van der Waals surface area contributed by atoms with E-state index in [2.05, 4.69) is 20.5 Å². The summed E-state index contributed by atoms with van der Waals surface area (Å²) >= 11 is 0. The van der Waals surface area contributed by atoms with Crippen LogP contribution < -0.4 is 10.1 Å². The Balaban J connectivity index is 1.90. The molecule has 1 aromatic heterocycles. The molecule has 0 aliphatic rings. The first kappa shape index (κ1) is 14.0. The van der Waals surface area contributed by atoms with Crippen molar-refractivity contribution < 1.29 is 9.53 Å². The van der Waals surface area contributed by atoms with E-state index in [0.29, 0.717) is 6.54 Å². The van der Waals surface area contributed by atoms with Crippen molar-refractivity contribution in [2.45, 2.75) is 26.3 Å². The summed E-state index contributed by atoms with van der Waals surface area (Å²) in [6.45, 7) is 2.48. The summed E-state index contributed by atoms with van der Waals surface area (Å²) in [6.07, 6.45) is 1.75. The molecule has 0 saturated heterocycles. The fraction of sp³-hybridized carbons (Fsp3) is 0.357. The van der Waals surface area contributed by atoms with Gasteiger partial charge in [-0.05, 0) is 24.1 Å². The average Bonchev–Trinajstić information content (AvgIpc) is 2.94. The van der Waals surface area contributed by atoms with Gasteiger partial charge in [0.1, 0.15) is 11.6 Å². The van der Waals surface area contributed by atoms with Gasteiger partial charge in [0.25, 0.3) is 5.91 Å². The number of H-pyrrole nitrogens is 1. The predicted octanol–water partition coefficient (Wildman–Crippen LogP) is 1.70. The molecule has 6 heteroatoms. The fourth-order valence-corrected chi connectivity index (χ4v) is 1.75. The predicted molar refractivity (Wildman–Crippen MR) is 74.5 cm³/mol. The SMILES string of the molecule is CCCc1nc(C(=O)NCc2ccc(OC)cc2)n[nH]1. The van der Waals surface area contributed by atoms with Gasteiger partial charge in [0.05, 0.1) is 7.11 Å². The molecule has 0 aliphatic carbocycles. The van der Waals surface area contributed by atoms with Gasteiger partial charge >= 0.3 is 0 Å². The fourth-order valence-electron chi connectivity index (χ4n) is 1.75. The van der Waals surface area contributed by atoms with Gasteiger partial charge in [0, 0.05) is 13.0 Å². The number of ether oxygens (including phenoxy) is 1. The Labute approximate surface area is 117 Å². The average molecular weight is 274 g/mol. The minimum absolute atomic E-state index is 0.182. The zero-order valence-electron chi connectivity index (χ0n) is 11.6. The van der Waals surface area contributed by atoms with E-state index in [-0.39, 0.29) is 11.7 Å². The third kappa shape index (κ3) is 3.57. The lowest BCUT2D eigenvalue weighted by Gasteiger charge is -2.04. The highest BCUT2D eigenvalue weighted by molar-refractivity contribution is 5.90. The highest BCUT2D eigenvalue weighted by atomic mass is 16.5. The van der Waals surface area contributed by atoms with E-state index in [4.69, 9.17) is 4.74 Å². The second-order valence-electron chi connectivity index (χ2n) is 4.39. The Bertz CT molecular complexity index is 563. The van der Waals surface area contributed by atoms with E-state index in [1.807, 2.05) is 31.2 Å². The summed E-state index contributed by atoms with van der Waals surface area (Å²) in [5.74, 6) is 1.43. The number of hydrogen-bond acceptors (Lipinski definition) is 4. The molecule has 0 unspecified atom stereocenters. The van der Waals surface area contributed by atoms with E-state index >= 15 is 0 Å². The van der Waals surface area contributed by atoms with Crippen LogP contribution in [-0.4, -0.2) is 28.2 Å². The number of carbonyl (C=O) groups is 1. The minimum Gasteiger partial charge on any atom is -0.497 e. The second-order valence-corrected chi connectivity index (χ2v) is 4.39. The first-order valence-corrected chi connectivity index (χ1v) is 6.55. The number of methoxy groups -OCH3 is 1. The molecule has 1 amide bonds. The van der Waals surface area contributed by atoms with Crippen molar-refractivity contribution in [1.29, 1.82) is 0 Å². The first-order chi connectivity index (χ1) is 9.72. The minimum atomic E-state index is -0.278. The maximum absolute atomic E-state index is 11.9. The number of amides is 1. The number of carbonyl (C=O) groups excluding carboxylic acids is 1. The lowest BCUT2D eigenvalue weighted by atomic mass is 10.2. The van der Waals surface area contributed by atoms with Crippen LogP contribution in [0.3, 0.4) is 0 Å². The van der Waals surface area contributed by atoms with E-state index in [1.54, 1.807) is 7.11 Å². The largest absolute Gasteiger partial charge is 0.497 e. The molecule has 0 radical (unpaired) electrons. The maximum atomic E-state index is 11.9. The summed E-state index contributed by atoms with van der Waals surface area (Å²) in [5, 5.41) is 9.45. The Kier molecular flexibility index (Phi) is 4.70. The highest BCUT2D eigenvalue weighted by Gasteiger charge is 2.11. The summed E-state index contributed by atoms with van der Waals surface area (Å²) in [5.41, 5.74) is 0.989. The molecule has 2 rings (SSSR count). The Morgan fingerprint density at radius 1 is 1.35 bits per heavy atom. The summed E-state index contributed by atoms with van der Waals surface area (Å²) < 4.78 is 5.08. The monoisotopic (exact) mass is 274 g/mol. The summed E-state index contributed by atoms with van der Waals surface area (Å²) in [6, 6.07) is 7.51. The molecule has 0 saturated carbocycles. The van der Waals surface area contributed by atoms with Gasteiger partial charge in [0.2, 0.25) is 5.82 Å². The molecule has 6 nitrogen and oxygen atoms in total. The van der Waals surface area contributed by atoms with Crippen molar-refractivity contribution in [2.75, 3.05) is 7.11 Å². The maximum Gasteiger partial charge on any atom is 0.291 e. The van der Waals surface area contributed by atoms with Gasteiger partial charge < -0.3 is 10.1 Å². The molecule has 20 heavy (non-hydrogen) atoms. The van der Waals surface area contributed by atoms with Crippen LogP contribution in [0.5, 0.6) is 5.75 Å². The summed E-state index contributed by atoms with van der Waals surface area (Å²) in [4.78, 5) is 16.0. The van der Waals surface area contributed by atoms with Crippen LogP contribution in [0, 0.1) is 0 Å². The molecule has 0 fully saturated rings. The standard InChI is InChI=1S/C14H18N4O2/c1-3-4-12-16-13(18-17-12)14(19)15-9-10-5-7-11(20-2)8-6-10/h5-8H,3-4,9H2,1-2H3,(H,15,19)(H,16,17,18). The van der Waals surface area contributed by atoms with Crippen molar-refractivity contribution in [1.82, 2.24) is 20.5 Å². The number of aromatic amines is 1. The second kappa shape index (κ2) is 6.70. The normalized spacial score (nSPS) is 10.3. The van der Waals surface area contributed by atoms with Gasteiger partial charge in [-0.15, -0.1) is 5.10 Å². The molecule has 1 aromatic carbocycles. The zero-order valence-corrected chi connectivity index (χ0v) is 11.6. The number of aromatic nitrogens is 3. The van der Waals surface area contributed by atoms with Crippen LogP contribution in [0.15, 0.2) is 24.3 Å². The third-order valence-corrected chi connectivity index (χ3v) is 2.83. The van der Waals surface area contributed by atoms with Crippen LogP contribution in [0.25, 0.3) is 0 Å². The molecular formula is C14H18N4O2. The molecular weight excluding hydrogens is 256 g/mol. The van der Waals surface area contributed by atoms with Gasteiger partial charge in [-0.1, -0.05) is 19.1 Å². The Hall–Kier alpha value is -2.37. The van der Waals surface area contributed by atoms with E-state index in [1.165, 1.54) is 0 Å². The van der Waals surface area contributed by atoms with Gasteiger partial charge in [0.15, 0.2) is 0 Å². The number of rotatable bonds is 6. The topological polar surface area (TPSA) is 79.9 Å². The number of nitrogens with zero attached hydrogens (tertiary/aromatic N) is 2. The van der Waals surface area contributed by atoms with Crippen LogP contribution >= 0.6 is 0 Å². The number of hydrogen-bond donors (Lipinski definition) is 2. The molecule has 0 atom stereocenters. The van der Waals surface area contributed by atoms with Crippen molar-refractivity contribution in [2.24, 2.45) is 0 Å². The Morgan fingerprint density at radius 3 is 2.75 bits per heavy atom. The van der Waals surface area contributed by atoms with Crippen molar-refractivity contribution in [3.63, 3.8) is 0 Å². The van der Waals surface area contributed by atoms with Crippen LogP contribution in [0.1, 0.15) is 35.4 Å². The molecule has 0 bridgehead atoms. The lowest BCUT2D eigenvalue weighted by molar-refractivity contribution is 0.0941. The molecule has 0 aliphatic heterocycles. The summed E-state index contributed by atoms with van der Waals surface area (Å²) in [7, 11) is 1.62. The van der Waals surface area contributed by atoms with Crippen molar-refractivity contribution in [3.8, 4) is 5.75 Å². The van der Waals surface area contributed by atoms with E-state index < -0.39 is 0 Å². The van der Waals surface area contributed by atoms with Gasteiger partial charge in [-0.2, -0.15) is 0 Å².